The topological polar surface area (TPSA) is 59.9 Å². The lowest BCUT2D eigenvalue weighted by molar-refractivity contribution is 0.167. The first-order valence-electron chi connectivity index (χ1n) is 10.7. The van der Waals surface area contributed by atoms with Crippen LogP contribution in [-0.4, -0.2) is 18.9 Å². The molecule has 5 nitrogen and oxygen atoms in total. The molecule has 0 aliphatic rings. The smallest absolute Gasteiger partial charge is 0.437 e. The summed E-state index contributed by atoms with van der Waals surface area (Å²) in [5.74, 6) is 0.433. The van der Waals surface area contributed by atoms with Crippen molar-refractivity contribution in [2.75, 3.05) is 11.9 Å². The summed E-state index contributed by atoms with van der Waals surface area (Å²) >= 11 is 0. The molecule has 0 spiro atoms. The molecule has 0 aliphatic heterocycles. The minimum atomic E-state index is -0.707. The average Bonchev–Trinajstić information content (AvgIpc) is 2.75. The van der Waals surface area contributed by atoms with Gasteiger partial charge in [0.05, 0.1) is 12.8 Å². The third kappa shape index (κ3) is 10.0. The number of benzene rings is 2. The zero-order chi connectivity index (χ0) is 21.4. The molecule has 2 rings (SSSR count). The molecule has 0 fully saturated rings. The summed E-state index contributed by atoms with van der Waals surface area (Å²) in [6, 6.07) is 12.8. The highest BCUT2D eigenvalue weighted by Gasteiger charge is 2.03. The number of ether oxygens (including phenoxy) is 1. The molecule has 1 amide bonds. The highest BCUT2D eigenvalue weighted by Crippen LogP contribution is 2.17. The number of carbonyl (C=O) groups is 1. The molecule has 2 aromatic carbocycles. The normalized spacial score (nSPS) is 10.9. The van der Waals surface area contributed by atoms with Crippen LogP contribution in [0.2, 0.25) is 0 Å². The molecule has 0 atom stereocenters. The summed E-state index contributed by atoms with van der Waals surface area (Å²) in [6.07, 6.45) is 10.8. The second kappa shape index (κ2) is 14.1. The molecule has 0 aromatic heterocycles. The SMILES string of the molecule is CCCCCCCCCCOc1ccc(NC(=O)ON=Cc2ccc(F)cc2)cc1. The Morgan fingerprint density at radius 1 is 0.933 bits per heavy atom. The summed E-state index contributed by atoms with van der Waals surface area (Å²) < 4.78 is 18.6. The lowest BCUT2D eigenvalue weighted by Gasteiger charge is -2.08. The van der Waals surface area contributed by atoms with Gasteiger partial charge in [-0.25, -0.2) is 9.18 Å². The molecule has 2 aromatic rings. The van der Waals surface area contributed by atoms with E-state index in [4.69, 9.17) is 9.57 Å². The Kier molecular flexibility index (Phi) is 11.0. The van der Waals surface area contributed by atoms with Crippen molar-refractivity contribution in [2.45, 2.75) is 58.3 Å². The van der Waals surface area contributed by atoms with E-state index in [9.17, 15) is 9.18 Å². The summed E-state index contributed by atoms with van der Waals surface area (Å²) in [7, 11) is 0. The average molecular weight is 415 g/mol. The maximum atomic E-state index is 12.8. The van der Waals surface area contributed by atoms with Crippen molar-refractivity contribution in [3.05, 3.63) is 59.9 Å². The van der Waals surface area contributed by atoms with E-state index in [-0.39, 0.29) is 5.82 Å². The predicted molar refractivity (Wildman–Crippen MR) is 119 cm³/mol. The highest BCUT2D eigenvalue weighted by molar-refractivity contribution is 5.85. The maximum absolute atomic E-state index is 12.8. The molecule has 0 radical (unpaired) electrons. The fourth-order valence-electron chi connectivity index (χ4n) is 2.89. The van der Waals surface area contributed by atoms with E-state index in [1.54, 1.807) is 12.1 Å². The van der Waals surface area contributed by atoms with E-state index in [2.05, 4.69) is 17.4 Å². The monoisotopic (exact) mass is 414 g/mol. The second-order valence-electron chi connectivity index (χ2n) is 7.14. The number of rotatable bonds is 13. The van der Waals surface area contributed by atoms with Crippen LogP contribution < -0.4 is 10.1 Å². The Balaban J connectivity index is 1.59. The Bertz CT molecular complexity index is 761. The van der Waals surface area contributed by atoms with Crippen molar-refractivity contribution >= 4 is 18.0 Å². The summed E-state index contributed by atoms with van der Waals surface area (Å²) in [5, 5.41) is 6.17. The van der Waals surface area contributed by atoms with Crippen molar-refractivity contribution in [1.29, 1.82) is 0 Å². The summed E-state index contributed by atoms with van der Waals surface area (Å²) in [6.45, 7) is 2.93. The molecule has 162 valence electrons. The van der Waals surface area contributed by atoms with Gasteiger partial charge in [0.25, 0.3) is 0 Å². The minimum Gasteiger partial charge on any atom is -0.494 e. The van der Waals surface area contributed by atoms with Gasteiger partial charge >= 0.3 is 6.09 Å². The molecule has 0 aliphatic carbocycles. The Labute approximate surface area is 178 Å². The number of hydrogen-bond acceptors (Lipinski definition) is 4. The van der Waals surface area contributed by atoms with Gasteiger partial charge < -0.3 is 4.74 Å². The number of hydrogen-bond donors (Lipinski definition) is 1. The molecule has 0 bridgehead atoms. The molecule has 0 unspecified atom stereocenters. The van der Waals surface area contributed by atoms with Crippen LogP contribution in [0.1, 0.15) is 63.9 Å². The fourth-order valence-corrected chi connectivity index (χ4v) is 2.89. The van der Waals surface area contributed by atoms with Crippen LogP contribution in [-0.2, 0) is 4.84 Å². The molecule has 0 saturated carbocycles. The maximum Gasteiger partial charge on any atom is 0.437 e. The van der Waals surface area contributed by atoms with Crippen molar-refractivity contribution < 1.29 is 18.8 Å². The number of halogens is 1. The number of nitrogens with zero attached hydrogens (tertiary/aromatic N) is 1. The third-order valence-corrected chi connectivity index (χ3v) is 4.57. The number of carbonyl (C=O) groups excluding carboxylic acids is 1. The van der Waals surface area contributed by atoms with Crippen LogP contribution >= 0.6 is 0 Å². The van der Waals surface area contributed by atoms with Gasteiger partial charge in [0.1, 0.15) is 11.6 Å². The largest absolute Gasteiger partial charge is 0.494 e. The third-order valence-electron chi connectivity index (χ3n) is 4.57. The molecule has 0 saturated heterocycles. The van der Waals surface area contributed by atoms with Gasteiger partial charge in [0.2, 0.25) is 0 Å². The lowest BCUT2D eigenvalue weighted by Crippen LogP contribution is -2.10. The standard InChI is InChI=1S/C24H31FN2O3/c1-2-3-4-5-6-7-8-9-18-29-23-16-14-22(15-17-23)27-24(28)30-26-19-20-10-12-21(25)13-11-20/h10-17,19H,2-9,18H2,1H3,(H,27,28). The second-order valence-corrected chi connectivity index (χ2v) is 7.14. The van der Waals surface area contributed by atoms with Gasteiger partial charge in [0.15, 0.2) is 0 Å². The molecular weight excluding hydrogens is 383 g/mol. The number of nitrogens with one attached hydrogen (secondary N) is 1. The fraction of sp³-hybridized carbons (Fsp3) is 0.417. The first kappa shape index (κ1) is 23.4. The molecule has 6 heteroatoms. The predicted octanol–water partition coefficient (Wildman–Crippen LogP) is 6.93. The van der Waals surface area contributed by atoms with Crippen LogP contribution in [0.25, 0.3) is 0 Å². The molecule has 30 heavy (non-hydrogen) atoms. The van der Waals surface area contributed by atoms with Gasteiger partial charge in [-0.15, -0.1) is 0 Å². The minimum absolute atomic E-state index is 0.337. The number of amides is 1. The quantitative estimate of drug-likeness (QED) is 0.167. The van der Waals surface area contributed by atoms with Crippen molar-refractivity contribution in [2.24, 2.45) is 5.16 Å². The highest BCUT2D eigenvalue weighted by atomic mass is 19.1. The van der Waals surface area contributed by atoms with E-state index in [1.807, 2.05) is 12.1 Å². The zero-order valence-electron chi connectivity index (χ0n) is 17.6. The van der Waals surface area contributed by atoms with Crippen molar-refractivity contribution in [3.63, 3.8) is 0 Å². The lowest BCUT2D eigenvalue weighted by atomic mass is 10.1. The van der Waals surface area contributed by atoms with Crippen molar-refractivity contribution in [1.82, 2.24) is 0 Å². The van der Waals surface area contributed by atoms with Gasteiger partial charge in [-0.3, -0.25) is 10.2 Å². The number of anilines is 1. The first-order valence-corrected chi connectivity index (χ1v) is 10.7. The van der Waals surface area contributed by atoms with Crippen LogP contribution in [0, 0.1) is 5.82 Å². The van der Waals surface area contributed by atoms with Crippen molar-refractivity contribution in [3.8, 4) is 5.75 Å². The Hall–Kier alpha value is -2.89. The van der Waals surface area contributed by atoms with E-state index in [0.717, 1.165) is 12.2 Å². The molecular formula is C24H31FN2O3. The number of unbranched alkanes of at least 4 members (excludes halogenated alkanes) is 7. The van der Waals surface area contributed by atoms with Gasteiger partial charge in [0, 0.05) is 5.69 Å². The summed E-state index contributed by atoms with van der Waals surface area (Å²) in [4.78, 5) is 16.5. The summed E-state index contributed by atoms with van der Waals surface area (Å²) in [5.41, 5.74) is 1.21. The van der Waals surface area contributed by atoms with Gasteiger partial charge in [-0.05, 0) is 48.4 Å². The molecule has 1 N–H and O–H groups in total. The zero-order valence-corrected chi connectivity index (χ0v) is 17.6. The van der Waals surface area contributed by atoms with E-state index in [0.29, 0.717) is 17.9 Å². The van der Waals surface area contributed by atoms with Crippen LogP contribution in [0.4, 0.5) is 14.9 Å². The number of oxime groups is 1. The Morgan fingerprint density at radius 3 is 2.23 bits per heavy atom. The van der Waals surface area contributed by atoms with Gasteiger partial charge in [-0.2, -0.15) is 0 Å². The van der Waals surface area contributed by atoms with Crippen LogP contribution in [0.3, 0.4) is 0 Å². The molecule has 0 heterocycles. The van der Waals surface area contributed by atoms with Gasteiger partial charge in [-0.1, -0.05) is 69.2 Å². The van der Waals surface area contributed by atoms with Crippen LogP contribution in [0.5, 0.6) is 5.75 Å². The van der Waals surface area contributed by atoms with E-state index >= 15 is 0 Å². The Morgan fingerprint density at radius 2 is 1.57 bits per heavy atom. The van der Waals surface area contributed by atoms with E-state index in [1.165, 1.54) is 75.4 Å². The van der Waals surface area contributed by atoms with Crippen LogP contribution in [0.15, 0.2) is 53.7 Å². The van der Waals surface area contributed by atoms with E-state index < -0.39 is 6.09 Å². The first-order chi connectivity index (χ1) is 14.7.